The van der Waals surface area contributed by atoms with E-state index < -0.39 is 5.76 Å². The fraction of sp³-hybridized carbons (Fsp3) is 0.375. The lowest BCUT2D eigenvalue weighted by atomic mass is 10.4. The SMILES string of the molecule is NCCc1nn(C2=CNCC=N2)c(=O)o1. The zero-order valence-corrected chi connectivity index (χ0v) is 8.01. The van der Waals surface area contributed by atoms with E-state index in [-0.39, 0.29) is 0 Å². The molecule has 0 atom stereocenters. The molecule has 0 aromatic carbocycles. The predicted octanol–water partition coefficient (Wildman–Crippen LogP) is -1.23. The van der Waals surface area contributed by atoms with Gasteiger partial charge in [-0.25, -0.2) is 9.79 Å². The number of nitrogens with zero attached hydrogens (tertiary/aromatic N) is 3. The van der Waals surface area contributed by atoms with Crippen LogP contribution >= 0.6 is 0 Å². The molecule has 0 bridgehead atoms. The van der Waals surface area contributed by atoms with Crippen LogP contribution in [0.3, 0.4) is 0 Å². The second kappa shape index (κ2) is 4.09. The first-order valence-electron chi connectivity index (χ1n) is 4.57. The average Bonchev–Trinajstić information content (AvgIpc) is 2.61. The molecule has 3 N–H and O–H groups in total. The third-order valence-electron chi connectivity index (χ3n) is 1.83. The highest BCUT2D eigenvalue weighted by Crippen LogP contribution is 2.03. The minimum atomic E-state index is -0.550. The van der Waals surface area contributed by atoms with E-state index in [1.165, 1.54) is 0 Å². The van der Waals surface area contributed by atoms with E-state index in [4.69, 9.17) is 10.2 Å². The summed E-state index contributed by atoms with van der Waals surface area (Å²) in [7, 11) is 0. The Hall–Kier alpha value is -1.89. The van der Waals surface area contributed by atoms with Gasteiger partial charge < -0.3 is 15.5 Å². The van der Waals surface area contributed by atoms with Gasteiger partial charge in [0, 0.05) is 25.4 Å². The molecular weight excluding hydrogens is 198 g/mol. The summed E-state index contributed by atoms with van der Waals surface area (Å²) in [6.45, 7) is 1.03. The lowest BCUT2D eigenvalue weighted by molar-refractivity contribution is 0.459. The summed E-state index contributed by atoms with van der Waals surface area (Å²) in [6, 6.07) is 0. The molecular formula is C8H11N5O2. The molecule has 0 amide bonds. The first kappa shape index (κ1) is 9.66. The molecule has 0 radical (unpaired) electrons. The Morgan fingerprint density at radius 1 is 1.67 bits per heavy atom. The van der Waals surface area contributed by atoms with Crippen molar-refractivity contribution in [3.63, 3.8) is 0 Å². The molecule has 2 rings (SSSR count). The van der Waals surface area contributed by atoms with Crippen molar-refractivity contribution in [3.05, 3.63) is 22.6 Å². The maximum atomic E-state index is 11.4. The third kappa shape index (κ3) is 1.96. The summed E-state index contributed by atoms with van der Waals surface area (Å²) in [6.07, 6.45) is 3.70. The molecule has 0 saturated heterocycles. The van der Waals surface area contributed by atoms with E-state index in [1.807, 2.05) is 0 Å². The van der Waals surface area contributed by atoms with Crippen LogP contribution in [-0.4, -0.2) is 29.1 Å². The molecule has 0 spiro atoms. The third-order valence-corrected chi connectivity index (χ3v) is 1.83. The van der Waals surface area contributed by atoms with E-state index in [2.05, 4.69) is 15.4 Å². The Morgan fingerprint density at radius 2 is 2.53 bits per heavy atom. The molecule has 0 unspecified atom stereocenters. The van der Waals surface area contributed by atoms with Crippen molar-refractivity contribution in [2.24, 2.45) is 10.7 Å². The highest BCUT2D eigenvalue weighted by molar-refractivity contribution is 5.69. The van der Waals surface area contributed by atoms with Gasteiger partial charge in [0.25, 0.3) is 0 Å². The Morgan fingerprint density at radius 3 is 3.20 bits per heavy atom. The fourth-order valence-corrected chi connectivity index (χ4v) is 1.18. The number of nitrogens with one attached hydrogen (secondary N) is 1. The van der Waals surface area contributed by atoms with Crippen molar-refractivity contribution < 1.29 is 4.42 Å². The van der Waals surface area contributed by atoms with Gasteiger partial charge in [-0.15, -0.1) is 9.78 Å². The first-order chi connectivity index (χ1) is 7.31. The van der Waals surface area contributed by atoms with Crippen LogP contribution in [0.15, 0.2) is 20.4 Å². The number of rotatable bonds is 3. The fourth-order valence-electron chi connectivity index (χ4n) is 1.18. The molecule has 1 aliphatic heterocycles. The minimum absolute atomic E-state index is 0.323. The van der Waals surface area contributed by atoms with Crippen LogP contribution < -0.4 is 16.8 Å². The van der Waals surface area contributed by atoms with Crippen LogP contribution in [0.1, 0.15) is 5.89 Å². The molecule has 0 fully saturated rings. The van der Waals surface area contributed by atoms with Crippen LogP contribution in [0.25, 0.3) is 5.82 Å². The van der Waals surface area contributed by atoms with Crippen LogP contribution in [0, 0.1) is 0 Å². The molecule has 7 heteroatoms. The smallest absolute Gasteiger partial charge is 0.392 e. The summed E-state index contributed by atoms with van der Waals surface area (Å²) < 4.78 is 5.99. The van der Waals surface area contributed by atoms with Crippen LogP contribution in [0.5, 0.6) is 0 Å². The molecule has 2 heterocycles. The van der Waals surface area contributed by atoms with E-state index >= 15 is 0 Å². The molecule has 0 saturated carbocycles. The topological polar surface area (TPSA) is 98.4 Å². The highest BCUT2D eigenvalue weighted by atomic mass is 16.4. The number of aromatic nitrogens is 2. The summed E-state index contributed by atoms with van der Waals surface area (Å²) >= 11 is 0. The zero-order valence-electron chi connectivity index (χ0n) is 8.01. The minimum Gasteiger partial charge on any atom is -0.392 e. The first-order valence-corrected chi connectivity index (χ1v) is 4.57. The Bertz CT molecular complexity index is 456. The molecule has 0 aliphatic carbocycles. The summed E-state index contributed by atoms with van der Waals surface area (Å²) in [5, 5.41) is 6.88. The zero-order chi connectivity index (χ0) is 10.7. The summed E-state index contributed by atoms with van der Waals surface area (Å²) in [5.41, 5.74) is 5.33. The van der Waals surface area contributed by atoms with Gasteiger partial charge in [-0.3, -0.25) is 0 Å². The summed E-state index contributed by atoms with van der Waals surface area (Å²) in [5.74, 6) is 0.188. The molecule has 1 aliphatic rings. The maximum Gasteiger partial charge on any atom is 0.443 e. The van der Waals surface area contributed by atoms with Crippen LogP contribution in [0.4, 0.5) is 0 Å². The lowest BCUT2D eigenvalue weighted by Crippen LogP contribution is -2.21. The predicted molar refractivity (Wildman–Crippen MR) is 54.3 cm³/mol. The van der Waals surface area contributed by atoms with Crippen LogP contribution in [0.2, 0.25) is 0 Å². The van der Waals surface area contributed by atoms with Crippen LogP contribution in [-0.2, 0) is 6.42 Å². The summed E-state index contributed by atoms with van der Waals surface area (Å²) in [4.78, 5) is 15.4. The van der Waals surface area contributed by atoms with Gasteiger partial charge in [0.1, 0.15) is 0 Å². The van der Waals surface area contributed by atoms with E-state index in [0.29, 0.717) is 31.2 Å². The average molecular weight is 209 g/mol. The van der Waals surface area contributed by atoms with Crippen molar-refractivity contribution in [3.8, 4) is 0 Å². The quantitative estimate of drug-likeness (QED) is 0.649. The van der Waals surface area contributed by atoms with Crippen molar-refractivity contribution in [2.45, 2.75) is 6.42 Å². The molecule has 15 heavy (non-hydrogen) atoms. The molecule has 1 aromatic rings. The number of hydrogen-bond donors (Lipinski definition) is 2. The van der Waals surface area contributed by atoms with Gasteiger partial charge in [0.2, 0.25) is 5.89 Å². The van der Waals surface area contributed by atoms with Gasteiger partial charge in [-0.2, -0.15) is 0 Å². The van der Waals surface area contributed by atoms with Crippen molar-refractivity contribution >= 4 is 12.0 Å². The molecule has 1 aromatic heterocycles. The van der Waals surface area contributed by atoms with E-state index in [9.17, 15) is 4.79 Å². The molecule has 7 nitrogen and oxygen atoms in total. The standard InChI is InChI=1S/C8H11N5O2/c9-2-1-7-12-13(8(14)15-7)6-5-10-3-4-11-6/h4-5,10H,1-3,9H2. The second-order valence-electron chi connectivity index (χ2n) is 2.93. The number of hydrogen-bond acceptors (Lipinski definition) is 6. The van der Waals surface area contributed by atoms with Gasteiger partial charge in [0.15, 0.2) is 5.82 Å². The van der Waals surface area contributed by atoms with Crippen molar-refractivity contribution in [1.82, 2.24) is 15.1 Å². The van der Waals surface area contributed by atoms with Gasteiger partial charge in [-0.1, -0.05) is 0 Å². The monoisotopic (exact) mass is 209 g/mol. The normalized spacial score (nSPS) is 14.9. The number of nitrogens with two attached hydrogens (primary N) is 1. The Balaban J connectivity index is 2.31. The van der Waals surface area contributed by atoms with Gasteiger partial charge in [-0.05, 0) is 0 Å². The molecule has 80 valence electrons. The maximum absolute atomic E-state index is 11.4. The number of aliphatic imine (C=N–C) groups is 1. The second-order valence-corrected chi connectivity index (χ2v) is 2.93. The van der Waals surface area contributed by atoms with Gasteiger partial charge >= 0.3 is 5.76 Å². The Kier molecular flexibility index (Phi) is 2.64. The largest absolute Gasteiger partial charge is 0.443 e. The lowest BCUT2D eigenvalue weighted by Gasteiger charge is -2.04. The van der Waals surface area contributed by atoms with E-state index in [0.717, 1.165) is 4.68 Å². The van der Waals surface area contributed by atoms with Crippen molar-refractivity contribution in [2.75, 3.05) is 13.1 Å². The van der Waals surface area contributed by atoms with Crippen molar-refractivity contribution in [1.29, 1.82) is 0 Å². The Labute approximate surface area is 85.3 Å². The van der Waals surface area contributed by atoms with E-state index in [1.54, 1.807) is 12.4 Å². The van der Waals surface area contributed by atoms with Gasteiger partial charge in [0.05, 0.1) is 6.54 Å². The highest BCUT2D eigenvalue weighted by Gasteiger charge is 2.11.